The average Bonchev–Trinajstić information content (AvgIpc) is 3.17. The summed E-state index contributed by atoms with van der Waals surface area (Å²) in [4.78, 5) is 18.8. The maximum atomic E-state index is 12.1. The normalized spacial score (nSPS) is 18.3. The lowest BCUT2D eigenvalue weighted by molar-refractivity contribution is 0.0276. The molecular formula is C19H30N4O2. The van der Waals surface area contributed by atoms with Crippen molar-refractivity contribution in [1.82, 2.24) is 10.3 Å². The number of nitrogens with one attached hydrogen (secondary N) is 2. The van der Waals surface area contributed by atoms with Gasteiger partial charge in [-0.15, -0.1) is 0 Å². The summed E-state index contributed by atoms with van der Waals surface area (Å²) in [6.45, 7) is 3.35. The molecule has 0 bridgehead atoms. The van der Waals surface area contributed by atoms with E-state index in [1.54, 1.807) is 6.20 Å². The number of carbonyl (C=O) groups excluding carboxylic acids is 1. The molecule has 6 nitrogen and oxygen atoms in total. The lowest BCUT2D eigenvalue weighted by Crippen LogP contribution is -2.31. The molecule has 25 heavy (non-hydrogen) atoms. The molecule has 1 saturated carbocycles. The van der Waals surface area contributed by atoms with Crippen molar-refractivity contribution in [2.45, 2.75) is 57.5 Å². The van der Waals surface area contributed by atoms with E-state index in [0.717, 1.165) is 37.6 Å². The predicted octanol–water partition coefficient (Wildman–Crippen LogP) is 3.54. The topological polar surface area (TPSA) is 66.5 Å². The van der Waals surface area contributed by atoms with E-state index < -0.39 is 0 Å². The van der Waals surface area contributed by atoms with Crippen LogP contribution in [0.2, 0.25) is 0 Å². The number of amides is 2. The second-order valence-electron chi connectivity index (χ2n) is 6.93. The van der Waals surface area contributed by atoms with E-state index in [-0.39, 0.29) is 6.03 Å². The maximum Gasteiger partial charge on any atom is 0.319 e. The fraction of sp³-hybridized carbons (Fsp3) is 0.684. The van der Waals surface area contributed by atoms with Crippen LogP contribution in [-0.2, 0) is 4.74 Å². The Bertz CT molecular complexity index is 540. The van der Waals surface area contributed by atoms with Crippen LogP contribution in [0.4, 0.5) is 16.3 Å². The van der Waals surface area contributed by atoms with Crippen LogP contribution in [0.3, 0.4) is 0 Å². The van der Waals surface area contributed by atoms with E-state index in [9.17, 15) is 4.79 Å². The Hall–Kier alpha value is -1.82. The van der Waals surface area contributed by atoms with Gasteiger partial charge in [0, 0.05) is 32.4 Å². The standard InChI is InChI=1S/C19H30N4O2/c24-19(21-12-7-15-25-16-8-2-1-3-9-16)22-17-10-6-11-20-18(17)23-13-4-5-14-23/h6,10-11,16H,1-5,7-9,12-15H2,(H2,21,22,24). The molecule has 0 unspecified atom stereocenters. The van der Waals surface area contributed by atoms with Gasteiger partial charge in [-0.05, 0) is 44.2 Å². The molecule has 0 aromatic carbocycles. The first-order chi connectivity index (χ1) is 12.3. The van der Waals surface area contributed by atoms with Crippen molar-refractivity contribution in [2.24, 2.45) is 0 Å². The van der Waals surface area contributed by atoms with Gasteiger partial charge in [-0.1, -0.05) is 19.3 Å². The third-order valence-corrected chi connectivity index (χ3v) is 4.95. The molecule has 138 valence electrons. The third-order valence-electron chi connectivity index (χ3n) is 4.95. The smallest absolute Gasteiger partial charge is 0.319 e. The van der Waals surface area contributed by atoms with E-state index in [2.05, 4.69) is 20.5 Å². The predicted molar refractivity (Wildman–Crippen MR) is 100 cm³/mol. The number of hydrogen-bond acceptors (Lipinski definition) is 4. The molecule has 0 radical (unpaired) electrons. The van der Waals surface area contributed by atoms with E-state index >= 15 is 0 Å². The summed E-state index contributed by atoms with van der Waals surface area (Å²) < 4.78 is 5.88. The highest BCUT2D eigenvalue weighted by atomic mass is 16.5. The summed E-state index contributed by atoms with van der Waals surface area (Å²) in [5.74, 6) is 0.871. The second-order valence-corrected chi connectivity index (χ2v) is 6.93. The zero-order chi connectivity index (χ0) is 17.3. The molecule has 1 aliphatic carbocycles. The van der Waals surface area contributed by atoms with Crippen molar-refractivity contribution in [3.05, 3.63) is 18.3 Å². The molecule has 2 aliphatic rings. The molecule has 1 saturated heterocycles. The Morgan fingerprint density at radius 3 is 2.80 bits per heavy atom. The number of carbonyl (C=O) groups is 1. The Morgan fingerprint density at radius 2 is 2.00 bits per heavy atom. The number of pyridine rings is 1. The van der Waals surface area contributed by atoms with Crippen LogP contribution in [0, 0.1) is 0 Å². The molecule has 0 spiro atoms. The summed E-state index contributed by atoms with van der Waals surface area (Å²) in [5, 5.41) is 5.84. The summed E-state index contributed by atoms with van der Waals surface area (Å²) in [6.07, 6.45) is 11.7. The van der Waals surface area contributed by atoms with Crippen LogP contribution < -0.4 is 15.5 Å². The van der Waals surface area contributed by atoms with Crippen LogP contribution in [0.25, 0.3) is 0 Å². The first kappa shape index (κ1) is 18.0. The summed E-state index contributed by atoms with van der Waals surface area (Å²) in [7, 11) is 0. The molecular weight excluding hydrogens is 316 g/mol. The van der Waals surface area contributed by atoms with Gasteiger partial charge in [0.2, 0.25) is 0 Å². The first-order valence-electron chi connectivity index (χ1n) is 9.69. The van der Waals surface area contributed by atoms with E-state index in [0.29, 0.717) is 12.6 Å². The third kappa shape index (κ3) is 5.59. The highest BCUT2D eigenvalue weighted by Gasteiger charge is 2.18. The summed E-state index contributed by atoms with van der Waals surface area (Å²) in [5.41, 5.74) is 0.778. The monoisotopic (exact) mass is 346 g/mol. The van der Waals surface area contributed by atoms with Gasteiger partial charge in [0.15, 0.2) is 5.82 Å². The number of aromatic nitrogens is 1. The molecule has 1 aliphatic heterocycles. The molecule has 6 heteroatoms. The minimum absolute atomic E-state index is 0.175. The lowest BCUT2D eigenvalue weighted by atomic mass is 9.98. The number of nitrogens with zero attached hydrogens (tertiary/aromatic N) is 2. The van der Waals surface area contributed by atoms with Gasteiger partial charge in [-0.25, -0.2) is 9.78 Å². The molecule has 2 fully saturated rings. The van der Waals surface area contributed by atoms with Gasteiger partial charge in [-0.2, -0.15) is 0 Å². The fourth-order valence-corrected chi connectivity index (χ4v) is 3.60. The first-order valence-corrected chi connectivity index (χ1v) is 9.69. The Morgan fingerprint density at radius 1 is 1.20 bits per heavy atom. The molecule has 1 aromatic heterocycles. The number of rotatable bonds is 7. The van der Waals surface area contributed by atoms with Crippen LogP contribution in [-0.4, -0.2) is 43.4 Å². The SMILES string of the molecule is O=C(NCCCOC1CCCCC1)Nc1cccnc1N1CCCC1. The van der Waals surface area contributed by atoms with Gasteiger partial charge >= 0.3 is 6.03 Å². The molecule has 0 atom stereocenters. The number of ether oxygens (including phenoxy) is 1. The quantitative estimate of drug-likeness (QED) is 0.741. The second kappa shape index (κ2) is 9.61. The van der Waals surface area contributed by atoms with Crippen LogP contribution in [0.1, 0.15) is 51.4 Å². The fourth-order valence-electron chi connectivity index (χ4n) is 3.60. The molecule has 2 N–H and O–H groups in total. The highest BCUT2D eigenvalue weighted by Crippen LogP contribution is 2.25. The molecule has 2 heterocycles. The van der Waals surface area contributed by atoms with Gasteiger partial charge in [0.25, 0.3) is 0 Å². The van der Waals surface area contributed by atoms with Crippen LogP contribution in [0.15, 0.2) is 18.3 Å². The van der Waals surface area contributed by atoms with Crippen LogP contribution >= 0.6 is 0 Å². The van der Waals surface area contributed by atoms with Crippen molar-refractivity contribution >= 4 is 17.5 Å². The summed E-state index contributed by atoms with van der Waals surface area (Å²) in [6, 6.07) is 3.59. The van der Waals surface area contributed by atoms with Crippen molar-refractivity contribution < 1.29 is 9.53 Å². The van der Waals surface area contributed by atoms with Crippen molar-refractivity contribution in [2.75, 3.05) is 36.5 Å². The lowest BCUT2D eigenvalue weighted by Gasteiger charge is -2.22. The van der Waals surface area contributed by atoms with E-state index in [1.807, 2.05) is 12.1 Å². The highest BCUT2D eigenvalue weighted by molar-refractivity contribution is 5.92. The Kier molecular flexibility index (Phi) is 6.91. The zero-order valence-electron chi connectivity index (χ0n) is 15.0. The minimum atomic E-state index is -0.175. The zero-order valence-corrected chi connectivity index (χ0v) is 15.0. The summed E-state index contributed by atoms with van der Waals surface area (Å²) >= 11 is 0. The van der Waals surface area contributed by atoms with E-state index in [1.165, 1.54) is 44.9 Å². The van der Waals surface area contributed by atoms with Crippen molar-refractivity contribution in [3.63, 3.8) is 0 Å². The largest absolute Gasteiger partial charge is 0.378 e. The number of urea groups is 1. The molecule has 2 amide bonds. The maximum absolute atomic E-state index is 12.1. The Balaban J connectivity index is 1.36. The van der Waals surface area contributed by atoms with Crippen molar-refractivity contribution in [3.8, 4) is 0 Å². The molecule has 1 aromatic rings. The van der Waals surface area contributed by atoms with Gasteiger partial charge in [0.05, 0.1) is 11.8 Å². The Labute approximate surface area is 150 Å². The van der Waals surface area contributed by atoms with Gasteiger partial charge in [-0.3, -0.25) is 0 Å². The van der Waals surface area contributed by atoms with Crippen LogP contribution in [0.5, 0.6) is 0 Å². The van der Waals surface area contributed by atoms with Gasteiger partial charge in [0.1, 0.15) is 0 Å². The average molecular weight is 346 g/mol. The van der Waals surface area contributed by atoms with Crippen molar-refractivity contribution in [1.29, 1.82) is 0 Å². The van der Waals surface area contributed by atoms with E-state index in [4.69, 9.17) is 4.74 Å². The van der Waals surface area contributed by atoms with Gasteiger partial charge < -0.3 is 20.3 Å². The minimum Gasteiger partial charge on any atom is -0.378 e. The molecule has 3 rings (SSSR count). The number of hydrogen-bond donors (Lipinski definition) is 2. The number of anilines is 2.